The quantitative estimate of drug-likeness (QED) is 0.766. The molecule has 2 aliphatic heterocycles. The van der Waals surface area contributed by atoms with Gasteiger partial charge in [-0.3, -0.25) is 4.79 Å². The maximum Gasteiger partial charge on any atom is 0.225 e. The van der Waals surface area contributed by atoms with E-state index in [1.165, 1.54) is 0 Å². The molecule has 1 N–H and O–H groups in total. The van der Waals surface area contributed by atoms with Crippen LogP contribution in [0.25, 0.3) is 0 Å². The topological polar surface area (TPSA) is 58.1 Å². The molecule has 0 aliphatic carbocycles. The summed E-state index contributed by atoms with van der Waals surface area (Å²) in [4.78, 5) is 22.3. The summed E-state index contributed by atoms with van der Waals surface area (Å²) < 4.78 is 1.05. The highest BCUT2D eigenvalue weighted by Crippen LogP contribution is 2.32. The van der Waals surface area contributed by atoms with Crippen LogP contribution >= 0.6 is 22.6 Å². The molecule has 0 bridgehead atoms. The number of nitrogens with zero attached hydrogens (tertiary/aromatic N) is 3. The van der Waals surface area contributed by atoms with E-state index in [9.17, 15) is 4.79 Å². The number of carbonyl (C=O) groups excluding carboxylic acids is 1. The van der Waals surface area contributed by atoms with Gasteiger partial charge in [-0.25, -0.2) is 9.97 Å². The van der Waals surface area contributed by atoms with Crippen LogP contribution in [0, 0.1) is 9.49 Å². The monoisotopic (exact) mass is 344 g/mol. The third-order valence-corrected chi connectivity index (χ3v) is 4.28. The minimum absolute atomic E-state index is 0.134. The second-order valence-electron chi connectivity index (χ2n) is 4.45. The van der Waals surface area contributed by atoms with Crippen molar-refractivity contribution in [3.05, 3.63) is 16.1 Å². The molecule has 2 atom stereocenters. The molecule has 2 saturated heterocycles. The summed E-state index contributed by atoms with van der Waals surface area (Å²) in [6.07, 6.45) is 5.44. The molecule has 0 radical (unpaired) electrons. The molecule has 0 aromatic carbocycles. The summed E-state index contributed by atoms with van der Waals surface area (Å²) in [6.45, 7) is 1.72. The van der Waals surface area contributed by atoms with Gasteiger partial charge in [0.25, 0.3) is 0 Å². The highest BCUT2D eigenvalue weighted by atomic mass is 127. The lowest BCUT2D eigenvalue weighted by atomic mass is 9.91. The van der Waals surface area contributed by atoms with E-state index in [1.54, 1.807) is 6.33 Å². The third kappa shape index (κ3) is 1.88. The fourth-order valence-corrected chi connectivity index (χ4v) is 3.34. The zero-order chi connectivity index (χ0) is 11.8. The number of rotatable bonds is 1. The minimum Gasteiger partial charge on any atom is -0.354 e. The van der Waals surface area contributed by atoms with Crippen LogP contribution in [0.3, 0.4) is 0 Å². The Hall–Kier alpha value is -0.920. The van der Waals surface area contributed by atoms with E-state index in [-0.39, 0.29) is 17.9 Å². The van der Waals surface area contributed by atoms with Crippen LogP contribution in [0.2, 0.25) is 0 Å². The molecular formula is C11H13IN4O. The van der Waals surface area contributed by atoms with Crippen molar-refractivity contribution < 1.29 is 4.79 Å². The second-order valence-corrected chi connectivity index (χ2v) is 5.61. The van der Waals surface area contributed by atoms with Crippen molar-refractivity contribution in [1.82, 2.24) is 15.3 Å². The number of fused-ring (bicyclic) bond motifs is 1. The third-order valence-electron chi connectivity index (χ3n) is 3.52. The Labute approximate surface area is 113 Å². The number of nitrogens with one attached hydrogen (secondary N) is 1. The lowest BCUT2D eigenvalue weighted by Gasteiger charge is -2.37. The number of halogens is 1. The van der Waals surface area contributed by atoms with E-state index in [2.05, 4.69) is 42.8 Å². The first-order valence-corrected chi connectivity index (χ1v) is 6.85. The van der Waals surface area contributed by atoms with Crippen molar-refractivity contribution in [3.8, 4) is 0 Å². The fraction of sp³-hybridized carbons (Fsp3) is 0.545. The van der Waals surface area contributed by atoms with Gasteiger partial charge in [0.15, 0.2) is 0 Å². The van der Waals surface area contributed by atoms with Crippen LogP contribution < -0.4 is 10.2 Å². The maximum atomic E-state index is 11.7. The Morgan fingerprint density at radius 3 is 3.24 bits per heavy atom. The first-order chi connectivity index (χ1) is 8.27. The normalized spacial score (nSPS) is 27.8. The number of hydrogen-bond acceptors (Lipinski definition) is 4. The average molecular weight is 344 g/mol. The summed E-state index contributed by atoms with van der Waals surface area (Å²) in [5.41, 5.74) is 0. The zero-order valence-electron chi connectivity index (χ0n) is 9.27. The molecule has 2 unspecified atom stereocenters. The Bertz CT molecular complexity index is 453. The summed E-state index contributed by atoms with van der Waals surface area (Å²) in [5.74, 6) is 1.30. The molecule has 1 aromatic rings. The van der Waals surface area contributed by atoms with Crippen molar-refractivity contribution >= 4 is 34.3 Å². The zero-order valence-corrected chi connectivity index (χ0v) is 11.4. The molecule has 90 valence electrons. The predicted molar refractivity (Wildman–Crippen MR) is 71.6 cm³/mol. The van der Waals surface area contributed by atoms with Crippen LogP contribution in [0.15, 0.2) is 12.5 Å². The van der Waals surface area contributed by atoms with Crippen LogP contribution in [-0.4, -0.2) is 35.0 Å². The van der Waals surface area contributed by atoms with Crippen LogP contribution in [0.5, 0.6) is 0 Å². The number of aromatic nitrogens is 2. The smallest absolute Gasteiger partial charge is 0.225 e. The number of piperidine rings is 1. The van der Waals surface area contributed by atoms with E-state index in [0.29, 0.717) is 0 Å². The molecule has 1 amide bonds. The largest absolute Gasteiger partial charge is 0.354 e. The summed E-state index contributed by atoms with van der Waals surface area (Å²) in [5, 5.41) is 2.95. The van der Waals surface area contributed by atoms with Gasteiger partial charge in [0.1, 0.15) is 12.1 Å². The molecule has 17 heavy (non-hydrogen) atoms. The molecule has 0 saturated carbocycles. The molecular weight excluding hydrogens is 331 g/mol. The van der Waals surface area contributed by atoms with Gasteiger partial charge >= 0.3 is 0 Å². The van der Waals surface area contributed by atoms with E-state index < -0.39 is 0 Å². The van der Waals surface area contributed by atoms with Crippen molar-refractivity contribution in [2.45, 2.75) is 18.9 Å². The summed E-state index contributed by atoms with van der Waals surface area (Å²) in [6, 6.07) is 0.264. The highest BCUT2D eigenvalue weighted by molar-refractivity contribution is 14.1. The van der Waals surface area contributed by atoms with E-state index >= 15 is 0 Å². The van der Waals surface area contributed by atoms with Crippen molar-refractivity contribution in [1.29, 1.82) is 0 Å². The van der Waals surface area contributed by atoms with Crippen molar-refractivity contribution in [2.24, 2.45) is 5.92 Å². The van der Waals surface area contributed by atoms with Crippen LogP contribution in [-0.2, 0) is 4.79 Å². The SMILES string of the molecule is O=C1NCC2C1CCCN2c1ncncc1I. The fourth-order valence-electron chi connectivity index (χ4n) is 2.73. The van der Waals surface area contributed by atoms with Crippen molar-refractivity contribution in [2.75, 3.05) is 18.0 Å². The maximum absolute atomic E-state index is 11.7. The van der Waals surface area contributed by atoms with Gasteiger partial charge in [0.05, 0.1) is 15.5 Å². The molecule has 2 fully saturated rings. The Kier molecular flexibility index (Phi) is 2.89. The van der Waals surface area contributed by atoms with Gasteiger partial charge in [-0.1, -0.05) is 0 Å². The van der Waals surface area contributed by atoms with Gasteiger partial charge in [0, 0.05) is 19.3 Å². The van der Waals surface area contributed by atoms with Gasteiger partial charge < -0.3 is 10.2 Å². The standard InChI is InChI=1S/C11H13IN4O/c12-8-4-13-6-15-10(8)16-3-1-2-7-9(16)5-14-11(7)17/h4,6-7,9H,1-3,5H2,(H,14,17). The lowest BCUT2D eigenvalue weighted by molar-refractivity contribution is -0.122. The predicted octanol–water partition coefficient (Wildman–Crippen LogP) is 0.796. The first-order valence-electron chi connectivity index (χ1n) is 5.77. The summed E-state index contributed by atoms with van der Waals surface area (Å²) >= 11 is 2.25. The van der Waals surface area contributed by atoms with Crippen LogP contribution in [0.4, 0.5) is 5.82 Å². The Morgan fingerprint density at radius 1 is 1.53 bits per heavy atom. The second kappa shape index (κ2) is 4.40. The van der Waals surface area contributed by atoms with Crippen molar-refractivity contribution in [3.63, 3.8) is 0 Å². The first kappa shape index (κ1) is 11.2. The number of carbonyl (C=O) groups is 1. The minimum atomic E-state index is 0.134. The molecule has 0 spiro atoms. The van der Waals surface area contributed by atoms with Gasteiger partial charge in [0.2, 0.25) is 5.91 Å². The van der Waals surface area contributed by atoms with E-state index in [0.717, 1.165) is 35.3 Å². The number of amides is 1. The van der Waals surface area contributed by atoms with Gasteiger partial charge in [-0.2, -0.15) is 0 Å². The molecule has 5 nitrogen and oxygen atoms in total. The van der Waals surface area contributed by atoms with Crippen LogP contribution in [0.1, 0.15) is 12.8 Å². The van der Waals surface area contributed by atoms with E-state index in [1.807, 2.05) is 6.20 Å². The molecule has 6 heteroatoms. The lowest BCUT2D eigenvalue weighted by Crippen LogP contribution is -2.46. The Morgan fingerprint density at radius 2 is 2.41 bits per heavy atom. The molecule has 3 heterocycles. The van der Waals surface area contributed by atoms with Gasteiger partial charge in [-0.05, 0) is 35.4 Å². The number of hydrogen-bond donors (Lipinski definition) is 1. The number of anilines is 1. The molecule has 3 rings (SSSR count). The molecule has 1 aromatic heterocycles. The molecule has 2 aliphatic rings. The van der Waals surface area contributed by atoms with E-state index in [4.69, 9.17) is 0 Å². The van der Waals surface area contributed by atoms with Gasteiger partial charge in [-0.15, -0.1) is 0 Å². The summed E-state index contributed by atoms with van der Waals surface area (Å²) in [7, 11) is 0. The highest BCUT2D eigenvalue weighted by Gasteiger charge is 2.41. The Balaban J connectivity index is 1.93. The average Bonchev–Trinajstić information content (AvgIpc) is 2.72.